The number of pyridine rings is 2. The van der Waals surface area contributed by atoms with Crippen molar-refractivity contribution in [2.75, 3.05) is 19.6 Å². The van der Waals surface area contributed by atoms with Crippen molar-refractivity contribution in [3.63, 3.8) is 0 Å². The highest BCUT2D eigenvalue weighted by Crippen LogP contribution is 2.36. The van der Waals surface area contributed by atoms with Crippen LogP contribution >= 0.6 is 0 Å². The van der Waals surface area contributed by atoms with Gasteiger partial charge in [0.2, 0.25) is 5.91 Å². The molecule has 3 aliphatic rings. The lowest BCUT2D eigenvalue weighted by Crippen LogP contribution is -2.55. The van der Waals surface area contributed by atoms with Gasteiger partial charge in [-0.25, -0.2) is 0 Å². The molecule has 2 aromatic heterocycles. The zero-order valence-corrected chi connectivity index (χ0v) is 16.0. The SMILES string of the molecule is O=C([C@@H]1CCCCN1)N1C[C@@H]2C[C@H](C1)c1cc(-c3cccnc3)cc(=O)n1C2. The maximum atomic E-state index is 13.0. The molecule has 2 bridgehead atoms. The molecule has 6 nitrogen and oxygen atoms in total. The second kappa shape index (κ2) is 7.17. The van der Waals surface area contributed by atoms with E-state index in [9.17, 15) is 9.59 Å². The molecule has 28 heavy (non-hydrogen) atoms. The fourth-order valence-electron chi connectivity index (χ4n) is 5.12. The van der Waals surface area contributed by atoms with Gasteiger partial charge in [0, 0.05) is 55.3 Å². The molecule has 1 amide bonds. The Hall–Kier alpha value is -2.47. The first-order valence-corrected chi connectivity index (χ1v) is 10.4. The Morgan fingerprint density at radius 1 is 1.14 bits per heavy atom. The zero-order chi connectivity index (χ0) is 19.1. The number of carbonyl (C=O) groups excluding carboxylic acids is 1. The number of piperidine rings is 2. The van der Waals surface area contributed by atoms with Crippen LogP contribution in [0.1, 0.15) is 37.3 Å². The van der Waals surface area contributed by atoms with Gasteiger partial charge in [-0.05, 0) is 49.4 Å². The molecule has 3 atom stereocenters. The van der Waals surface area contributed by atoms with Gasteiger partial charge in [-0.2, -0.15) is 0 Å². The predicted octanol–water partition coefficient (Wildman–Crippen LogP) is 2.00. The predicted molar refractivity (Wildman–Crippen MR) is 107 cm³/mol. The van der Waals surface area contributed by atoms with E-state index in [0.29, 0.717) is 19.0 Å². The van der Waals surface area contributed by atoms with Gasteiger partial charge >= 0.3 is 0 Å². The number of hydrogen-bond donors (Lipinski definition) is 1. The molecule has 3 aliphatic heterocycles. The lowest BCUT2D eigenvalue weighted by Gasteiger charge is -2.44. The summed E-state index contributed by atoms with van der Waals surface area (Å²) in [5, 5.41) is 3.39. The van der Waals surface area contributed by atoms with Crippen molar-refractivity contribution in [3.8, 4) is 11.1 Å². The van der Waals surface area contributed by atoms with Gasteiger partial charge in [-0.15, -0.1) is 0 Å². The second-order valence-corrected chi connectivity index (χ2v) is 8.40. The van der Waals surface area contributed by atoms with Gasteiger partial charge < -0.3 is 14.8 Å². The van der Waals surface area contributed by atoms with Crippen molar-refractivity contribution in [2.45, 2.75) is 44.2 Å². The van der Waals surface area contributed by atoms with E-state index >= 15 is 0 Å². The maximum Gasteiger partial charge on any atom is 0.251 e. The van der Waals surface area contributed by atoms with E-state index in [-0.39, 0.29) is 23.4 Å². The Kier molecular flexibility index (Phi) is 4.51. The van der Waals surface area contributed by atoms with E-state index in [0.717, 1.165) is 55.6 Å². The highest BCUT2D eigenvalue weighted by Gasteiger charge is 2.38. The summed E-state index contributed by atoms with van der Waals surface area (Å²) < 4.78 is 1.93. The van der Waals surface area contributed by atoms with Gasteiger partial charge in [-0.3, -0.25) is 14.6 Å². The summed E-state index contributed by atoms with van der Waals surface area (Å²) in [6.07, 6.45) is 7.80. The number of hydrogen-bond acceptors (Lipinski definition) is 4. The van der Waals surface area contributed by atoms with Crippen molar-refractivity contribution in [1.29, 1.82) is 0 Å². The highest BCUT2D eigenvalue weighted by atomic mass is 16.2. The first kappa shape index (κ1) is 17.6. The third-order valence-corrected chi connectivity index (χ3v) is 6.47. The van der Waals surface area contributed by atoms with Crippen LogP contribution < -0.4 is 10.9 Å². The van der Waals surface area contributed by atoms with Crippen LogP contribution in [0.15, 0.2) is 41.5 Å². The molecule has 0 radical (unpaired) electrons. The number of rotatable bonds is 2. The van der Waals surface area contributed by atoms with Crippen LogP contribution in [0.25, 0.3) is 11.1 Å². The molecule has 6 heteroatoms. The van der Waals surface area contributed by atoms with Crippen molar-refractivity contribution < 1.29 is 4.79 Å². The van der Waals surface area contributed by atoms with Gasteiger partial charge in [0.25, 0.3) is 5.56 Å². The van der Waals surface area contributed by atoms with E-state index in [4.69, 9.17) is 0 Å². The monoisotopic (exact) mass is 378 g/mol. The third kappa shape index (κ3) is 3.15. The number of carbonyl (C=O) groups is 1. The van der Waals surface area contributed by atoms with Gasteiger partial charge in [0.1, 0.15) is 0 Å². The number of amides is 1. The average Bonchev–Trinajstić information content (AvgIpc) is 2.75. The van der Waals surface area contributed by atoms with Crippen molar-refractivity contribution in [2.24, 2.45) is 5.92 Å². The van der Waals surface area contributed by atoms with E-state index in [2.05, 4.69) is 16.4 Å². The molecule has 0 unspecified atom stereocenters. The summed E-state index contributed by atoms with van der Waals surface area (Å²) in [6, 6.07) is 7.69. The normalized spacial score (nSPS) is 26.6. The van der Waals surface area contributed by atoms with Crippen molar-refractivity contribution >= 4 is 5.91 Å². The largest absolute Gasteiger partial charge is 0.340 e. The van der Waals surface area contributed by atoms with Crippen LogP contribution in [0, 0.1) is 5.92 Å². The smallest absolute Gasteiger partial charge is 0.251 e. The summed E-state index contributed by atoms with van der Waals surface area (Å²) in [4.78, 5) is 32.1. The fraction of sp³-hybridized carbons (Fsp3) is 0.500. The summed E-state index contributed by atoms with van der Waals surface area (Å²) in [5.74, 6) is 0.832. The summed E-state index contributed by atoms with van der Waals surface area (Å²) in [5.41, 5.74) is 3.00. The molecular weight excluding hydrogens is 352 g/mol. The Balaban J connectivity index is 1.44. The number of nitrogens with one attached hydrogen (secondary N) is 1. The minimum atomic E-state index is -0.0310. The molecule has 5 heterocycles. The summed E-state index contributed by atoms with van der Waals surface area (Å²) in [7, 11) is 0. The Labute approximate surface area is 164 Å². The van der Waals surface area contributed by atoms with Crippen LogP contribution in [-0.4, -0.2) is 46.0 Å². The third-order valence-electron chi connectivity index (χ3n) is 6.47. The van der Waals surface area contributed by atoms with E-state index in [1.165, 1.54) is 0 Å². The van der Waals surface area contributed by atoms with E-state index < -0.39 is 0 Å². The summed E-state index contributed by atoms with van der Waals surface area (Å²) >= 11 is 0. The first-order valence-electron chi connectivity index (χ1n) is 10.4. The first-order chi connectivity index (χ1) is 13.7. The fourth-order valence-corrected chi connectivity index (χ4v) is 5.12. The minimum absolute atomic E-state index is 0.0310. The minimum Gasteiger partial charge on any atom is -0.340 e. The molecule has 1 N–H and O–H groups in total. The zero-order valence-electron chi connectivity index (χ0n) is 16.0. The second-order valence-electron chi connectivity index (χ2n) is 8.40. The highest BCUT2D eigenvalue weighted by molar-refractivity contribution is 5.82. The molecule has 2 saturated heterocycles. The van der Waals surface area contributed by atoms with Crippen molar-refractivity contribution in [1.82, 2.24) is 19.8 Å². The molecule has 146 valence electrons. The van der Waals surface area contributed by atoms with Gasteiger partial charge in [-0.1, -0.05) is 12.5 Å². The van der Waals surface area contributed by atoms with Crippen LogP contribution in [0.3, 0.4) is 0 Å². The molecule has 0 aromatic carbocycles. The van der Waals surface area contributed by atoms with E-state index in [1.807, 2.05) is 21.6 Å². The standard InChI is InChI=1S/C22H26N4O2/c27-21-10-17(16-4-3-6-23-11-16)9-20-18-8-15(13-26(20)21)12-25(14-18)22(28)19-5-1-2-7-24-19/h3-4,6,9-11,15,18-19,24H,1-2,5,7-8,12-14H2/t15-,18+,19-/m0/s1. The Morgan fingerprint density at radius 2 is 2.07 bits per heavy atom. The molecular formula is C22H26N4O2. The molecule has 0 saturated carbocycles. The molecule has 2 fully saturated rings. The quantitative estimate of drug-likeness (QED) is 0.868. The van der Waals surface area contributed by atoms with Crippen LogP contribution in [-0.2, 0) is 11.3 Å². The van der Waals surface area contributed by atoms with Crippen LogP contribution in [0.4, 0.5) is 0 Å². The molecule has 0 aliphatic carbocycles. The number of likely N-dealkylation sites (tertiary alicyclic amines) is 1. The van der Waals surface area contributed by atoms with Gasteiger partial charge in [0.05, 0.1) is 6.04 Å². The Morgan fingerprint density at radius 3 is 2.86 bits per heavy atom. The lowest BCUT2D eigenvalue weighted by molar-refractivity contribution is -0.136. The summed E-state index contributed by atoms with van der Waals surface area (Å²) in [6.45, 7) is 3.12. The van der Waals surface area contributed by atoms with Crippen molar-refractivity contribution in [3.05, 3.63) is 52.7 Å². The molecule has 0 spiro atoms. The van der Waals surface area contributed by atoms with Crippen LogP contribution in [0.2, 0.25) is 0 Å². The molecule has 2 aromatic rings. The van der Waals surface area contributed by atoms with Gasteiger partial charge in [0.15, 0.2) is 0 Å². The maximum absolute atomic E-state index is 13.0. The Bertz CT molecular complexity index is 933. The molecule has 5 rings (SSSR count). The lowest BCUT2D eigenvalue weighted by atomic mass is 9.82. The number of fused-ring (bicyclic) bond motifs is 4. The number of nitrogens with zero attached hydrogens (tertiary/aromatic N) is 3. The topological polar surface area (TPSA) is 67.2 Å². The number of aromatic nitrogens is 2. The van der Waals surface area contributed by atoms with E-state index in [1.54, 1.807) is 18.5 Å². The average molecular weight is 378 g/mol. The van der Waals surface area contributed by atoms with Crippen LogP contribution in [0.5, 0.6) is 0 Å².